The van der Waals surface area contributed by atoms with Crippen LogP contribution >= 0.6 is 0 Å². The smallest absolute Gasteiger partial charge is 0.339 e. The van der Waals surface area contributed by atoms with Crippen molar-refractivity contribution in [2.75, 3.05) is 6.61 Å². The molecule has 6 heteroatoms. The third-order valence-electron chi connectivity index (χ3n) is 10.8. The van der Waals surface area contributed by atoms with Gasteiger partial charge < -0.3 is 19.3 Å². The maximum Gasteiger partial charge on any atom is 0.339 e. The molecule has 0 unspecified atom stereocenters. The number of esters is 1. The summed E-state index contributed by atoms with van der Waals surface area (Å²) in [5, 5.41) is 13.2. The first-order valence-electron chi connectivity index (χ1n) is 14.3. The lowest BCUT2D eigenvalue weighted by Crippen LogP contribution is -2.68. The number of Topliss-reactive ketones (excluding diaryl/α,β-unsaturated/α-hetero) is 1. The van der Waals surface area contributed by atoms with Gasteiger partial charge in [-0.3, -0.25) is 4.79 Å². The highest BCUT2D eigenvalue weighted by Gasteiger charge is 2.77. The monoisotopic (exact) mass is 534 g/mol. The molecule has 0 radical (unpaired) electrons. The highest BCUT2D eigenvalue weighted by atomic mass is 16.7. The standard InChI is InChI=1S/C33H42O6/c1-16-10-17(2)24(18(3)11-16)29(35)38-27-19(4)14-32-20(5)12-23-25(30(23,6)7)22(26(32)34)13-21-15-37-31(8,9)39-28(21)33(27,32)36/h10-11,13-14,20,22-23,25,27-28,36H,12,15H2,1-9H3/t20-,22+,23-,25+,27+,28-,32+,33-/m1/s1. The van der Waals surface area contributed by atoms with Crippen molar-refractivity contribution in [3.05, 3.63) is 57.7 Å². The maximum absolute atomic E-state index is 14.8. The Hall–Kier alpha value is -2.28. The lowest BCUT2D eigenvalue weighted by atomic mass is 9.59. The Morgan fingerprint density at radius 3 is 2.36 bits per heavy atom. The van der Waals surface area contributed by atoms with E-state index in [2.05, 4.69) is 20.8 Å². The lowest BCUT2D eigenvalue weighted by Gasteiger charge is -2.52. The van der Waals surface area contributed by atoms with Crippen LogP contribution in [0, 0.1) is 55.3 Å². The molecule has 2 bridgehead atoms. The van der Waals surface area contributed by atoms with Gasteiger partial charge in [0.25, 0.3) is 0 Å². The van der Waals surface area contributed by atoms with Gasteiger partial charge in [0.15, 0.2) is 23.3 Å². The second-order valence-electron chi connectivity index (χ2n) is 14.1. The van der Waals surface area contributed by atoms with Crippen molar-refractivity contribution in [2.45, 2.75) is 92.3 Å². The average molecular weight is 535 g/mol. The number of hydrogen-bond donors (Lipinski definition) is 1. The van der Waals surface area contributed by atoms with E-state index in [9.17, 15) is 14.7 Å². The normalized spacial score (nSPS) is 41.2. The molecule has 8 atom stereocenters. The van der Waals surface area contributed by atoms with Gasteiger partial charge in [-0.15, -0.1) is 0 Å². The van der Waals surface area contributed by atoms with Crippen LogP contribution in [0.5, 0.6) is 0 Å². The van der Waals surface area contributed by atoms with Gasteiger partial charge in [0, 0.05) is 5.92 Å². The van der Waals surface area contributed by atoms with E-state index in [0.29, 0.717) is 17.1 Å². The Morgan fingerprint density at radius 2 is 1.72 bits per heavy atom. The van der Waals surface area contributed by atoms with E-state index < -0.39 is 35.0 Å². The maximum atomic E-state index is 14.8. The summed E-state index contributed by atoms with van der Waals surface area (Å²) in [6.45, 7) is 18.1. The van der Waals surface area contributed by atoms with Crippen molar-refractivity contribution >= 4 is 11.8 Å². The molecule has 3 fully saturated rings. The molecule has 1 aliphatic heterocycles. The Bertz CT molecular complexity index is 1330. The van der Waals surface area contributed by atoms with E-state index in [-0.39, 0.29) is 35.6 Å². The molecule has 6 rings (SSSR count). The number of ketones is 1. The number of aryl methyl sites for hydroxylation is 3. The van der Waals surface area contributed by atoms with Crippen LogP contribution < -0.4 is 0 Å². The van der Waals surface area contributed by atoms with Crippen LogP contribution in [-0.2, 0) is 19.0 Å². The Balaban J connectivity index is 1.52. The number of ether oxygens (including phenoxy) is 3. The van der Waals surface area contributed by atoms with Gasteiger partial charge in [-0.05, 0) is 93.4 Å². The van der Waals surface area contributed by atoms with Crippen LogP contribution in [0.3, 0.4) is 0 Å². The molecule has 39 heavy (non-hydrogen) atoms. The van der Waals surface area contributed by atoms with Crippen LogP contribution in [0.1, 0.15) is 75.0 Å². The number of carbonyl (C=O) groups excluding carboxylic acids is 2. The highest BCUT2D eigenvalue weighted by Crippen LogP contribution is 2.72. The van der Waals surface area contributed by atoms with Crippen molar-refractivity contribution in [1.29, 1.82) is 0 Å². The fraction of sp³-hybridized carbons (Fsp3) is 0.636. The van der Waals surface area contributed by atoms with Crippen LogP contribution in [0.15, 0.2) is 35.4 Å². The second-order valence-corrected chi connectivity index (χ2v) is 14.1. The zero-order valence-corrected chi connectivity index (χ0v) is 24.7. The fourth-order valence-corrected chi connectivity index (χ4v) is 8.97. The molecule has 0 amide bonds. The number of fused-ring (bicyclic) bond motifs is 5. The zero-order chi connectivity index (χ0) is 28.4. The molecule has 1 saturated heterocycles. The van der Waals surface area contributed by atoms with E-state index in [0.717, 1.165) is 28.7 Å². The number of benzene rings is 1. The predicted octanol–water partition coefficient (Wildman–Crippen LogP) is 5.40. The number of rotatable bonds is 2. The third kappa shape index (κ3) is 3.44. The molecule has 1 heterocycles. The zero-order valence-electron chi connectivity index (χ0n) is 24.7. The number of hydrogen-bond acceptors (Lipinski definition) is 6. The van der Waals surface area contributed by atoms with Crippen LogP contribution in [0.25, 0.3) is 0 Å². The summed E-state index contributed by atoms with van der Waals surface area (Å²) in [5.74, 6) is -1.40. The summed E-state index contributed by atoms with van der Waals surface area (Å²) >= 11 is 0. The summed E-state index contributed by atoms with van der Waals surface area (Å²) in [6, 6.07) is 3.92. The summed E-state index contributed by atoms with van der Waals surface area (Å²) in [4.78, 5) is 28.6. The minimum absolute atomic E-state index is 0.0134. The molecule has 0 aromatic heterocycles. The van der Waals surface area contributed by atoms with Crippen LogP contribution in [0.2, 0.25) is 0 Å². The molecular formula is C33H42O6. The largest absolute Gasteiger partial charge is 0.451 e. The summed E-state index contributed by atoms with van der Waals surface area (Å²) in [5.41, 5.74) is 1.66. The average Bonchev–Trinajstić information content (AvgIpc) is 3.31. The van der Waals surface area contributed by atoms with E-state index >= 15 is 0 Å². The SMILES string of the molecule is CC1=C[C@]23C(=O)[C@@H](C=C4COC(C)(C)O[C@H]4[C@]2(O)[C@H]1OC(=O)c1c(C)cc(C)cc1C)[C@H]1[C@@H](C[C@H]3C)C1(C)C. The second kappa shape index (κ2) is 8.14. The first kappa shape index (κ1) is 26.9. The van der Waals surface area contributed by atoms with Crippen molar-refractivity contribution in [1.82, 2.24) is 0 Å². The van der Waals surface area contributed by atoms with Crippen molar-refractivity contribution in [3.63, 3.8) is 0 Å². The van der Waals surface area contributed by atoms with E-state index in [1.54, 1.807) is 0 Å². The molecule has 1 aromatic carbocycles. The molecule has 1 N–H and O–H groups in total. The molecule has 210 valence electrons. The van der Waals surface area contributed by atoms with Crippen molar-refractivity contribution < 1.29 is 28.9 Å². The number of allylic oxidation sites excluding steroid dienone is 1. The molecule has 5 aliphatic rings. The van der Waals surface area contributed by atoms with Crippen molar-refractivity contribution in [3.8, 4) is 0 Å². The minimum atomic E-state index is -1.81. The Morgan fingerprint density at radius 1 is 1.08 bits per heavy atom. The Kier molecular flexibility index (Phi) is 5.62. The first-order valence-corrected chi connectivity index (χ1v) is 14.3. The molecule has 1 spiro atoms. The first-order chi connectivity index (χ1) is 18.1. The van der Waals surface area contributed by atoms with E-state index in [4.69, 9.17) is 14.2 Å². The van der Waals surface area contributed by atoms with E-state index in [1.165, 1.54) is 0 Å². The molecule has 1 aromatic rings. The fourth-order valence-electron chi connectivity index (χ4n) is 8.97. The quantitative estimate of drug-likeness (QED) is 0.404. The summed E-state index contributed by atoms with van der Waals surface area (Å²) in [7, 11) is 0. The molecular weight excluding hydrogens is 492 g/mol. The van der Waals surface area contributed by atoms with Gasteiger partial charge in [0.05, 0.1) is 17.6 Å². The van der Waals surface area contributed by atoms with Gasteiger partial charge >= 0.3 is 5.97 Å². The van der Waals surface area contributed by atoms with Gasteiger partial charge in [-0.25, -0.2) is 4.79 Å². The highest BCUT2D eigenvalue weighted by molar-refractivity contribution is 5.96. The van der Waals surface area contributed by atoms with Crippen LogP contribution in [-0.4, -0.2) is 47.1 Å². The summed E-state index contributed by atoms with van der Waals surface area (Å²) < 4.78 is 18.9. The number of aliphatic hydroxyl groups is 1. The van der Waals surface area contributed by atoms with Gasteiger partial charge in [0.1, 0.15) is 6.10 Å². The Labute approximate surface area is 231 Å². The van der Waals surface area contributed by atoms with Crippen molar-refractivity contribution in [2.24, 2.45) is 34.5 Å². The number of carbonyl (C=O) groups is 2. The minimum Gasteiger partial charge on any atom is -0.451 e. The molecule has 4 aliphatic carbocycles. The van der Waals surface area contributed by atoms with Gasteiger partial charge in [0.2, 0.25) is 0 Å². The van der Waals surface area contributed by atoms with E-state index in [1.807, 2.05) is 65.8 Å². The predicted molar refractivity (Wildman–Crippen MR) is 147 cm³/mol. The summed E-state index contributed by atoms with van der Waals surface area (Å²) in [6.07, 6.45) is 2.88. The topological polar surface area (TPSA) is 82.1 Å². The van der Waals surface area contributed by atoms with Crippen LogP contribution in [0.4, 0.5) is 0 Å². The molecule has 2 saturated carbocycles. The third-order valence-corrected chi connectivity index (χ3v) is 10.8. The lowest BCUT2D eigenvalue weighted by molar-refractivity contribution is -0.302. The van der Waals surface area contributed by atoms with Gasteiger partial charge in [-0.1, -0.05) is 50.6 Å². The van der Waals surface area contributed by atoms with Gasteiger partial charge in [-0.2, -0.15) is 0 Å². The molecule has 6 nitrogen and oxygen atoms in total.